The van der Waals surface area contributed by atoms with Crippen LogP contribution >= 0.6 is 0 Å². The van der Waals surface area contributed by atoms with Crippen LogP contribution in [0.1, 0.15) is 11.3 Å². The molecule has 0 amide bonds. The van der Waals surface area contributed by atoms with Gasteiger partial charge in [0.1, 0.15) is 5.82 Å². The van der Waals surface area contributed by atoms with Gasteiger partial charge in [-0.3, -0.25) is 0 Å². The molecule has 3 heterocycles. The largest absolute Gasteiger partial charge is 0.325 e. The maximum Gasteiger partial charge on any atom is 0.142 e. The first kappa shape index (κ1) is 9.65. The molecule has 3 aromatic rings. The molecule has 1 aromatic carbocycles. The minimum absolute atomic E-state index is 0.809. The fraction of sp³-hybridized carbons (Fsp3) is 0.143. The number of benzene rings is 1. The Morgan fingerprint density at radius 3 is 3.17 bits per heavy atom. The van der Waals surface area contributed by atoms with Crippen LogP contribution in [-0.4, -0.2) is 19.1 Å². The van der Waals surface area contributed by atoms with Crippen LogP contribution in [0.3, 0.4) is 0 Å². The van der Waals surface area contributed by atoms with Gasteiger partial charge in [0.05, 0.1) is 30.5 Å². The maximum absolute atomic E-state index is 4.49. The highest BCUT2D eigenvalue weighted by atomic mass is 15.1. The van der Waals surface area contributed by atoms with Crippen LogP contribution in [0.25, 0.3) is 17.1 Å². The minimum Gasteiger partial charge on any atom is -0.325 e. The van der Waals surface area contributed by atoms with Crippen LogP contribution in [0.15, 0.2) is 43.1 Å². The summed E-state index contributed by atoms with van der Waals surface area (Å²) in [6.45, 7) is 2.94. The molecule has 88 valence electrons. The molecule has 0 saturated heterocycles. The van der Waals surface area contributed by atoms with Gasteiger partial charge < -0.3 is 9.13 Å². The van der Waals surface area contributed by atoms with Crippen molar-refractivity contribution in [1.29, 1.82) is 0 Å². The molecule has 0 spiro atoms. The molecule has 4 rings (SSSR count). The van der Waals surface area contributed by atoms with Crippen molar-refractivity contribution in [3.63, 3.8) is 0 Å². The Labute approximate surface area is 105 Å². The summed E-state index contributed by atoms with van der Waals surface area (Å²) in [7, 11) is 0. The highest BCUT2D eigenvalue weighted by molar-refractivity contribution is 5.71. The molecule has 4 nitrogen and oxygen atoms in total. The molecular formula is C14H12N4. The number of rotatable bonds is 0. The van der Waals surface area contributed by atoms with Crippen LogP contribution in [0, 0.1) is 6.92 Å². The van der Waals surface area contributed by atoms with Gasteiger partial charge in [0.2, 0.25) is 0 Å². The number of imidazole rings is 2. The zero-order valence-electron chi connectivity index (χ0n) is 10.0. The van der Waals surface area contributed by atoms with E-state index in [4.69, 9.17) is 0 Å². The van der Waals surface area contributed by atoms with Crippen LogP contribution in [0.2, 0.25) is 0 Å². The number of aromatic nitrogens is 4. The number of para-hydroxylation sites is 1. The molecule has 0 atom stereocenters. The zero-order valence-corrected chi connectivity index (χ0v) is 10.0. The van der Waals surface area contributed by atoms with Crippen molar-refractivity contribution in [3.8, 4) is 17.1 Å². The molecule has 4 heteroatoms. The molecule has 0 fully saturated rings. The standard InChI is InChI=1S/C14H12N4/c1-10-3-2-4-12-13(10)18-9-15-7-11(18)8-17-6-5-16-14(12)17/h2-7,9H,8H2,1H3. The lowest BCUT2D eigenvalue weighted by Gasteiger charge is -2.11. The SMILES string of the molecule is Cc1cccc2c1-n1cncc1Cn1ccnc1-2. The van der Waals surface area contributed by atoms with Crippen molar-refractivity contribution >= 4 is 0 Å². The molecule has 1 aliphatic heterocycles. The molecule has 2 aromatic heterocycles. The zero-order chi connectivity index (χ0) is 12.1. The lowest BCUT2D eigenvalue weighted by molar-refractivity contribution is 0.775. The van der Waals surface area contributed by atoms with E-state index in [1.165, 1.54) is 16.9 Å². The normalized spacial score (nSPS) is 12.5. The first-order chi connectivity index (χ1) is 8.84. The quantitative estimate of drug-likeness (QED) is 0.470. The van der Waals surface area contributed by atoms with E-state index in [0.29, 0.717) is 0 Å². The number of hydrogen-bond donors (Lipinski definition) is 0. The second-order valence-corrected chi connectivity index (χ2v) is 4.60. The minimum atomic E-state index is 0.809. The van der Waals surface area contributed by atoms with Crippen molar-refractivity contribution in [2.75, 3.05) is 0 Å². The van der Waals surface area contributed by atoms with Crippen molar-refractivity contribution in [2.45, 2.75) is 13.5 Å². The van der Waals surface area contributed by atoms with Crippen LogP contribution < -0.4 is 0 Å². The van der Waals surface area contributed by atoms with E-state index in [1.807, 2.05) is 24.9 Å². The van der Waals surface area contributed by atoms with E-state index in [-0.39, 0.29) is 0 Å². The van der Waals surface area contributed by atoms with Crippen molar-refractivity contribution in [1.82, 2.24) is 19.1 Å². The monoisotopic (exact) mass is 236 g/mol. The lowest BCUT2D eigenvalue weighted by Crippen LogP contribution is -2.01. The number of hydrogen-bond acceptors (Lipinski definition) is 2. The number of aryl methyl sites for hydroxylation is 1. The molecule has 0 bridgehead atoms. The summed E-state index contributed by atoms with van der Waals surface area (Å²) < 4.78 is 4.33. The van der Waals surface area contributed by atoms with E-state index in [9.17, 15) is 0 Å². The summed E-state index contributed by atoms with van der Waals surface area (Å²) >= 11 is 0. The van der Waals surface area contributed by atoms with E-state index < -0.39 is 0 Å². The Morgan fingerprint density at radius 1 is 1.28 bits per heavy atom. The van der Waals surface area contributed by atoms with E-state index >= 15 is 0 Å². The van der Waals surface area contributed by atoms with Gasteiger partial charge in [-0.05, 0) is 18.6 Å². The fourth-order valence-electron chi connectivity index (χ4n) is 2.66. The van der Waals surface area contributed by atoms with Gasteiger partial charge in [-0.2, -0.15) is 0 Å². The summed E-state index contributed by atoms with van der Waals surface area (Å²) in [4.78, 5) is 8.76. The maximum atomic E-state index is 4.49. The Hall–Kier alpha value is -2.36. The topological polar surface area (TPSA) is 35.6 Å². The molecule has 0 aliphatic carbocycles. The predicted octanol–water partition coefficient (Wildman–Crippen LogP) is 2.41. The molecular weight excluding hydrogens is 224 g/mol. The molecule has 0 radical (unpaired) electrons. The highest BCUT2D eigenvalue weighted by Crippen LogP contribution is 2.32. The summed E-state index contributed by atoms with van der Waals surface area (Å²) in [5.74, 6) is 1.03. The van der Waals surface area contributed by atoms with Gasteiger partial charge in [0, 0.05) is 18.0 Å². The summed E-state index contributed by atoms with van der Waals surface area (Å²) in [5.41, 5.74) is 4.78. The van der Waals surface area contributed by atoms with Gasteiger partial charge in [0.15, 0.2) is 0 Å². The third-order valence-electron chi connectivity index (χ3n) is 3.48. The number of nitrogens with zero attached hydrogens (tertiary/aromatic N) is 4. The Balaban J connectivity index is 2.17. The highest BCUT2D eigenvalue weighted by Gasteiger charge is 2.20. The first-order valence-electron chi connectivity index (χ1n) is 5.97. The molecule has 0 N–H and O–H groups in total. The van der Waals surface area contributed by atoms with Gasteiger partial charge in [-0.25, -0.2) is 9.97 Å². The summed E-state index contributed by atoms with van der Waals surface area (Å²) in [5, 5.41) is 0. The van der Waals surface area contributed by atoms with E-state index in [2.05, 4.69) is 44.2 Å². The predicted molar refractivity (Wildman–Crippen MR) is 68.6 cm³/mol. The van der Waals surface area contributed by atoms with Crippen LogP contribution in [0.4, 0.5) is 0 Å². The van der Waals surface area contributed by atoms with Crippen molar-refractivity contribution < 1.29 is 0 Å². The van der Waals surface area contributed by atoms with Gasteiger partial charge in [-0.1, -0.05) is 12.1 Å². The van der Waals surface area contributed by atoms with E-state index in [0.717, 1.165) is 17.9 Å². The van der Waals surface area contributed by atoms with E-state index in [1.54, 1.807) is 0 Å². The smallest absolute Gasteiger partial charge is 0.142 e. The van der Waals surface area contributed by atoms with Gasteiger partial charge in [-0.15, -0.1) is 0 Å². The average molecular weight is 236 g/mol. The summed E-state index contributed by atoms with van der Waals surface area (Å²) in [6.07, 6.45) is 7.68. The van der Waals surface area contributed by atoms with Crippen molar-refractivity contribution in [2.24, 2.45) is 0 Å². The second-order valence-electron chi connectivity index (χ2n) is 4.60. The Morgan fingerprint density at radius 2 is 2.22 bits per heavy atom. The number of fused-ring (bicyclic) bond motifs is 5. The fourth-order valence-corrected chi connectivity index (χ4v) is 2.66. The van der Waals surface area contributed by atoms with Crippen LogP contribution in [0.5, 0.6) is 0 Å². The van der Waals surface area contributed by atoms with Gasteiger partial charge in [0.25, 0.3) is 0 Å². The van der Waals surface area contributed by atoms with Crippen LogP contribution in [-0.2, 0) is 6.54 Å². The van der Waals surface area contributed by atoms with Crippen molar-refractivity contribution in [3.05, 3.63) is 54.4 Å². The molecule has 1 aliphatic rings. The first-order valence-corrected chi connectivity index (χ1v) is 5.97. The Kier molecular flexibility index (Phi) is 1.78. The average Bonchev–Trinajstić information content (AvgIpc) is 2.97. The third kappa shape index (κ3) is 1.14. The molecule has 0 saturated carbocycles. The molecule has 0 unspecified atom stereocenters. The molecule has 18 heavy (non-hydrogen) atoms. The second kappa shape index (κ2) is 3.32. The van der Waals surface area contributed by atoms with Gasteiger partial charge >= 0.3 is 0 Å². The Bertz CT molecular complexity index is 736. The summed E-state index contributed by atoms with van der Waals surface area (Å²) in [6, 6.07) is 6.33. The lowest BCUT2D eigenvalue weighted by atomic mass is 10.1. The third-order valence-corrected chi connectivity index (χ3v) is 3.48.